The van der Waals surface area contributed by atoms with Gasteiger partial charge in [-0.15, -0.1) is 0 Å². The maximum absolute atomic E-state index is 12.0. The molecule has 0 fully saturated rings. The fraction of sp³-hybridized carbons (Fsp3) is 0.188. The van der Waals surface area contributed by atoms with Crippen LogP contribution in [0.2, 0.25) is 5.02 Å². The minimum absolute atomic E-state index is 0.0784. The number of halogens is 2. The minimum atomic E-state index is -0.127. The Kier molecular flexibility index (Phi) is 5.65. The molecule has 3 nitrogen and oxygen atoms in total. The zero-order chi connectivity index (χ0) is 15.2. The number of rotatable bonds is 5. The van der Waals surface area contributed by atoms with E-state index in [1.807, 2.05) is 55.5 Å². The summed E-state index contributed by atoms with van der Waals surface area (Å²) in [5, 5.41) is 6.66. The van der Waals surface area contributed by atoms with Crippen molar-refractivity contribution in [3.8, 4) is 0 Å². The normalized spacial score (nSPS) is 11.8. The minimum Gasteiger partial charge on any atom is -0.376 e. The van der Waals surface area contributed by atoms with Gasteiger partial charge in [-0.2, -0.15) is 0 Å². The molecule has 5 heteroatoms. The first kappa shape index (κ1) is 15.9. The molecule has 1 atom stereocenters. The lowest BCUT2D eigenvalue weighted by atomic mass is 10.1. The van der Waals surface area contributed by atoms with Crippen LogP contribution in [0.4, 0.5) is 5.69 Å². The van der Waals surface area contributed by atoms with Crippen LogP contribution < -0.4 is 10.6 Å². The number of anilines is 1. The number of benzene rings is 2. The highest BCUT2D eigenvalue weighted by Gasteiger charge is 2.11. The van der Waals surface area contributed by atoms with Gasteiger partial charge in [-0.05, 0) is 42.8 Å². The topological polar surface area (TPSA) is 41.1 Å². The Balaban J connectivity index is 1.87. The van der Waals surface area contributed by atoms with Crippen LogP contribution in [0.1, 0.15) is 18.5 Å². The van der Waals surface area contributed by atoms with Crippen LogP contribution in [-0.4, -0.2) is 12.5 Å². The second-order valence-corrected chi connectivity index (χ2v) is 5.99. The quantitative estimate of drug-likeness (QED) is 0.823. The average Bonchev–Trinajstić information content (AvgIpc) is 2.47. The summed E-state index contributed by atoms with van der Waals surface area (Å²) < 4.78 is 1.00. The third-order valence-electron chi connectivity index (χ3n) is 3.05. The van der Waals surface area contributed by atoms with Crippen molar-refractivity contribution < 1.29 is 4.79 Å². The first-order valence-electron chi connectivity index (χ1n) is 6.59. The summed E-state index contributed by atoms with van der Waals surface area (Å²) in [4.78, 5) is 12.0. The summed E-state index contributed by atoms with van der Waals surface area (Å²) in [7, 11) is 0. The number of hydrogen-bond donors (Lipinski definition) is 2. The maximum Gasteiger partial charge on any atom is 0.239 e. The summed E-state index contributed by atoms with van der Waals surface area (Å²) in [5.41, 5.74) is 1.81. The van der Waals surface area contributed by atoms with Gasteiger partial charge in [0.2, 0.25) is 5.91 Å². The second-order valence-electron chi connectivity index (χ2n) is 4.67. The van der Waals surface area contributed by atoms with Crippen molar-refractivity contribution in [2.45, 2.75) is 13.0 Å². The molecule has 110 valence electrons. The van der Waals surface area contributed by atoms with Gasteiger partial charge < -0.3 is 10.6 Å². The van der Waals surface area contributed by atoms with Crippen LogP contribution in [-0.2, 0) is 4.79 Å². The molecule has 0 heterocycles. The summed E-state index contributed by atoms with van der Waals surface area (Å²) in [5.74, 6) is -0.0784. The molecule has 21 heavy (non-hydrogen) atoms. The van der Waals surface area contributed by atoms with Gasteiger partial charge >= 0.3 is 0 Å². The van der Waals surface area contributed by atoms with Crippen LogP contribution in [0.3, 0.4) is 0 Å². The van der Waals surface area contributed by atoms with Crippen molar-refractivity contribution in [3.05, 3.63) is 63.6 Å². The van der Waals surface area contributed by atoms with Gasteiger partial charge in [-0.3, -0.25) is 4.79 Å². The number of carbonyl (C=O) groups is 1. The molecular weight excluding hydrogens is 352 g/mol. The predicted molar refractivity (Wildman–Crippen MR) is 90.6 cm³/mol. The van der Waals surface area contributed by atoms with E-state index in [0.717, 1.165) is 15.7 Å². The molecule has 0 aromatic heterocycles. The number of nitrogens with one attached hydrogen (secondary N) is 2. The van der Waals surface area contributed by atoms with E-state index in [0.29, 0.717) is 5.02 Å². The van der Waals surface area contributed by atoms with Gasteiger partial charge in [0.05, 0.1) is 12.6 Å². The molecule has 2 aromatic rings. The molecule has 0 aliphatic rings. The molecule has 0 radical (unpaired) electrons. The van der Waals surface area contributed by atoms with Crippen molar-refractivity contribution in [3.63, 3.8) is 0 Å². The van der Waals surface area contributed by atoms with Crippen molar-refractivity contribution in [1.82, 2.24) is 5.32 Å². The van der Waals surface area contributed by atoms with Gasteiger partial charge in [-0.25, -0.2) is 0 Å². The average molecular weight is 368 g/mol. The molecule has 2 aromatic carbocycles. The van der Waals surface area contributed by atoms with E-state index in [4.69, 9.17) is 11.6 Å². The summed E-state index contributed by atoms with van der Waals surface area (Å²) in [6.07, 6.45) is 0. The highest BCUT2D eigenvalue weighted by atomic mass is 79.9. The van der Waals surface area contributed by atoms with E-state index < -0.39 is 0 Å². The van der Waals surface area contributed by atoms with E-state index in [1.165, 1.54) is 0 Å². The Labute approximate surface area is 137 Å². The van der Waals surface area contributed by atoms with Crippen LogP contribution in [0.15, 0.2) is 53.0 Å². The molecule has 0 aliphatic carbocycles. The Hall–Kier alpha value is -1.52. The van der Waals surface area contributed by atoms with E-state index >= 15 is 0 Å². The monoisotopic (exact) mass is 366 g/mol. The Bertz CT molecular complexity index is 616. The van der Waals surface area contributed by atoms with Gasteiger partial charge in [0.15, 0.2) is 0 Å². The Morgan fingerprint density at radius 2 is 1.86 bits per heavy atom. The smallest absolute Gasteiger partial charge is 0.239 e. The summed E-state index contributed by atoms with van der Waals surface area (Å²) in [6, 6.07) is 15.1. The maximum atomic E-state index is 12.0. The third kappa shape index (κ3) is 4.76. The van der Waals surface area contributed by atoms with E-state index in [-0.39, 0.29) is 18.5 Å². The molecule has 0 spiro atoms. The number of carbonyl (C=O) groups excluding carboxylic acids is 1. The molecule has 2 N–H and O–H groups in total. The zero-order valence-electron chi connectivity index (χ0n) is 11.6. The molecule has 0 unspecified atom stereocenters. The SMILES string of the molecule is C[C@H](NC(=O)CNc1ccc(Br)cc1)c1ccccc1Cl. The fourth-order valence-electron chi connectivity index (χ4n) is 1.95. The van der Waals surface area contributed by atoms with Crippen molar-refractivity contribution in [1.29, 1.82) is 0 Å². The fourth-order valence-corrected chi connectivity index (χ4v) is 2.51. The lowest BCUT2D eigenvalue weighted by Crippen LogP contribution is -2.32. The Morgan fingerprint density at radius 1 is 1.19 bits per heavy atom. The van der Waals surface area contributed by atoms with E-state index in [2.05, 4.69) is 26.6 Å². The number of amides is 1. The lowest BCUT2D eigenvalue weighted by molar-refractivity contribution is -0.120. The standard InChI is InChI=1S/C16H16BrClN2O/c1-11(14-4-2-3-5-15(14)18)20-16(21)10-19-13-8-6-12(17)7-9-13/h2-9,11,19H,10H2,1H3,(H,20,21)/t11-/m0/s1. The van der Waals surface area contributed by atoms with E-state index in [1.54, 1.807) is 0 Å². The molecule has 0 aliphatic heterocycles. The van der Waals surface area contributed by atoms with Crippen LogP contribution in [0.25, 0.3) is 0 Å². The zero-order valence-corrected chi connectivity index (χ0v) is 13.9. The first-order chi connectivity index (χ1) is 10.1. The highest BCUT2D eigenvalue weighted by molar-refractivity contribution is 9.10. The lowest BCUT2D eigenvalue weighted by Gasteiger charge is -2.16. The molecule has 0 saturated carbocycles. The van der Waals surface area contributed by atoms with Gasteiger partial charge in [0, 0.05) is 15.2 Å². The van der Waals surface area contributed by atoms with Crippen LogP contribution in [0.5, 0.6) is 0 Å². The van der Waals surface area contributed by atoms with Gasteiger partial charge in [0.25, 0.3) is 0 Å². The van der Waals surface area contributed by atoms with Gasteiger partial charge in [0.1, 0.15) is 0 Å². The molecular formula is C16H16BrClN2O. The number of hydrogen-bond acceptors (Lipinski definition) is 2. The predicted octanol–water partition coefficient (Wildman–Crippen LogP) is 4.39. The molecule has 0 bridgehead atoms. The molecule has 0 saturated heterocycles. The second kappa shape index (κ2) is 7.48. The summed E-state index contributed by atoms with van der Waals surface area (Å²) >= 11 is 9.49. The van der Waals surface area contributed by atoms with E-state index in [9.17, 15) is 4.79 Å². The van der Waals surface area contributed by atoms with Crippen LogP contribution in [0, 0.1) is 0 Å². The Morgan fingerprint density at radius 3 is 2.52 bits per heavy atom. The van der Waals surface area contributed by atoms with Gasteiger partial charge in [-0.1, -0.05) is 45.7 Å². The summed E-state index contributed by atoms with van der Waals surface area (Å²) in [6.45, 7) is 2.13. The third-order valence-corrected chi connectivity index (χ3v) is 3.92. The van der Waals surface area contributed by atoms with Crippen LogP contribution >= 0.6 is 27.5 Å². The highest BCUT2D eigenvalue weighted by Crippen LogP contribution is 2.22. The van der Waals surface area contributed by atoms with Crippen molar-refractivity contribution in [2.24, 2.45) is 0 Å². The molecule has 2 rings (SSSR count). The molecule has 1 amide bonds. The first-order valence-corrected chi connectivity index (χ1v) is 7.76. The largest absolute Gasteiger partial charge is 0.376 e. The van der Waals surface area contributed by atoms with Crippen molar-refractivity contribution in [2.75, 3.05) is 11.9 Å². The van der Waals surface area contributed by atoms with Crippen molar-refractivity contribution >= 4 is 39.1 Å².